The molecule has 4 aliphatic carbocycles. The van der Waals surface area contributed by atoms with Crippen molar-refractivity contribution in [3.8, 4) is 0 Å². The first kappa shape index (κ1) is 20.2. The monoisotopic (exact) mass is 392 g/mol. The highest BCUT2D eigenvalue weighted by molar-refractivity contribution is 5.74. The van der Waals surface area contributed by atoms with Gasteiger partial charge in [0.15, 0.2) is 0 Å². The molecular weight excluding hydrogens is 356 g/mol. The van der Waals surface area contributed by atoms with Gasteiger partial charge in [-0.25, -0.2) is 0 Å². The van der Waals surface area contributed by atoms with E-state index in [4.69, 9.17) is 9.47 Å². The molecule has 0 aromatic carbocycles. The molecule has 0 aromatic rings. The number of ether oxygens (including phenoxy) is 2. The minimum Gasteiger partial charge on any atom is -0.469 e. The summed E-state index contributed by atoms with van der Waals surface area (Å²) in [7, 11) is 1.46. The lowest BCUT2D eigenvalue weighted by Crippen LogP contribution is -2.62. The molecule has 4 aliphatic rings. The van der Waals surface area contributed by atoms with E-state index in [1.54, 1.807) is 0 Å². The normalized spacial score (nSPS) is 50.1. The number of carbonyl (C=O) groups excluding carboxylic acids is 2. The van der Waals surface area contributed by atoms with Crippen LogP contribution in [0.3, 0.4) is 0 Å². The molecule has 0 heterocycles. The van der Waals surface area contributed by atoms with Crippen molar-refractivity contribution in [2.24, 2.45) is 34.5 Å². The van der Waals surface area contributed by atoms with Gasteiger partial charge in [-0.3, -0.25) is 9.59 Å². The van der Waals surface area contributed by atoms with Crippen LogP contribution in [0.25, 0.3) is 0 Å². The van der Waals surface area contributed by atoms with E-state index in [0.717, 1.165) is 51.4 Å². The van der Waals surface area contributed by atoms with Gasteiger partial charge in [0.25, 0.3) is 0 Å². The van der Waals surface area contributed by atoms with Gasteiger partial charge in [0.2, 0.25) is 0 Å². The first-order valence-electron chi connectivity index (χ1n) is 11.1. The number of hydrogen-bond acceptors (Lipinski definition) is 5. The number of carbonyl (C=O) groups is 2. The summed E-state index contributed by atoms with van der Waals surface area (Å²) in [5, 5.41) is 12.0. The van der Waals surface area contributed by atoms with Crippen LogP contribution in [-0.4, -0.2) is 35.9 Å². The topological polar surface area (TPSA) is 72.8 Å². The minimum atomic E-state index is -0.768. The number of esters is 2. The third kappa shape index (κ3) is 2.68. The predicted molar refractivity (Wildman–Crippen MR) is 104 cm³/mol. The Balaban J connectivity index is 1.58. The van der Waals surface area contributed by atoms with E-state index >= 15 is 0 Å². The predicted octanol–water partition coefficient (Wildman–Crippen LogP) is 3.86. The van der Waals surface area contributed by atoms with Crippen molar-refractivity contribution in [2.75, 3.05) is 7.11 Å². The van der Waals surface area contributed by atoms with E-state index in [9.17, 15) is 14.7 Å². The van der Waals surface area contributed by atoms with Crippen molar-refractivity contribution < 1.29 is 24.2 Å². The van der Waals surface area contributed by atoms with Crippen molar-refractivity contribution >= 4 is 11.9 Å². The number of rotatable bonds is 2. The van der Waals surface area contributed by atoms with Gasteiger partial charge in [0.1, 0.15) is 6.10 Å². The van der Waals surface area contributed by atoms with Crippen LogP contribution in [0.2, 0.25) is 0 Å². The lowest BCUT2D eigenvalue weighted by molar-refractivity contribution is -0.214. The van der Waals surface area contributed by atoms with E-state index in [0.29, 0.717) is 18.3 Å². The minimum absolute atomic E-state index is 0.0549. The van der Waals surface area contributed by atoms with Crippen molar-refractivity contribution in [1.82, 2.24) is 0 Å². The lowest BCUT2D eigenvalue weighted by Gasteiger charge is -2.63. The summed E-state index contributed by atoms with van der Waals surface area (Å²) in [6.07, 6.45) is 8.49. The SMILES string of the molecule is COC(=O)[C@@H]1CC[C@]2(O)[C@@H]3CC[C@@H]4C[C@H](OC(C)=O)CC[C@]4(C)[C@@H]3CC[C@]12C. The van der Waals surface area contributed by atoms with Gasteiger partial charge < -0.3 is 14.6 Å². The third-order valence-corrected chi connectivity index (χ3v) is 9.62. The fraction of sp³-hybridized carbons (Fsp3) is 0.913. The second-order valence-corrected chi connectivity index (χ2v) is 10.5. The Kier molecular flexibility index (Phi) is 4.84. The van der Waals surface area contributed by atoms with Gasteiger partial charge in [0.05, 0.1) is 18.6 Å². The van der Waals surface area contributed by atoms with Crippen molar-refractivity contribution in [3.63, 3.8) is 0 Å². The van der Waals surface area contributed by atoms with E-state index in [-0.39, 0.29) is 40.7 Å². The fourth-order valence-corrected chi connectivity index (χ4v) is 8.05. The van der Waals surface area contributed by atoms with Crippen molar-refractivity contribution in [2.45, 2.75) is 90.3 Å². The third-order valence-electron chi connectivity index (χ3n) is 9.62. The van der Waals surface area contributed by atoms with Crippen LogP contribution in [0, 0.1) is 34.5 Å². The van der Waals surface area contributed by atoms with Crippen LogP contribution in [0.4, 0.5) is 0 Å². The molecule has 1 N–H and O–H groups in total. The van der Waals surface area contributed by atoms with Gasteiger partial charge in [-0.2, -0.15) is 0 Å². The maximum Gasteiger partial charge on any atom is 0.309 e. The molecule has 4 fully saturated rings. The average Bonchev–Trinajstić information content (AvgIpc) is 2.92. The van der Waals surface area contributed by atoms with Crippen LogP contribution in [0.1, 0.15) is 78.6 Å². The first-order valence-corrected chi connectivity index (χ1v) is 11.1. The first-order chi connectivity index (χ1) is 13.2. The fourth-order valence-electron chi connectivity index (χ4n) is 8.05. The van der Waals surface area contributed by atoms with Gasteiger partial charge >= 0.3 is 11.9 Å². The van der Waals surface area contributed by atoms with Gasteiger partial charge in [0, 0.05) is 12.3 Å². The van der Waals surface area contributed by atoms with Crippen molar-refractivity contribution in [1.29, 1.82) is 0 Å². The van der Waals surface area contributed by atoms with E-state index in [1.165, 1.54) is 14.0 Å². The zero-order valence-electron chi connectivity index (χ0n) is 17.8. The Hall–Kier alpha value is -1.10. The summed E-state index contributed by atoms with van der Waals surface area (Å²) in [5.41, 5.74) is -0.950. The Morgan fingerprint density at radius 2 is 1.71 bits per heavy atom. The Bertz CT molecular complexity index is 661. The maximum absolute atomic E-state index is 12.4. The molecule has 158 valence electrons. The van der Waals surface area contributed by atoms with Crippen LogP contribution >= 0.6 is 0 Å². The summed E-state index contributed by atoms with van der Waals surface area (Å²) < 4.78 is 10.6. The number of fused-ring (bicyclic) bond motifs is 5. The largest absolute Gasteiger partial charge is 0.469 e. The molecule has 5 nitrogen and oxygen atoms in total. The zero-order chi connectivity index (χ0) is 20.3. The molecule has 8 atom stereocenters. The number of aliphatic hydroxyl groups is 1. The molecule has 4 saturated carbocycles. The quantitative estimate of drug-likeness (QED) is 0.722. The molecule has 0 aromatic heterocycles. The summed E-state index contributed by atoms with van der Waals surface area (Å²) in [6.45, 7) is 6.04. The van der Waals surface area contributed by atoms with Crippen LogP contribution in [0.5, 0.6) is 0 Å². The smallest absolute Gasteiger partial charge is 0.309 e. The molecule has 0 radical (unpaired) electrons. The van der Waals surface area contributed by atoms with Gasteiger partial charge in [-0.05, 0) is 81.0 Å². The average molecular weight is 393 g/mol. The molecule has 0 amide bonds. The molecule has 0 unspecified atom stereocenters. The van der Waals surface area contributed by atoms with E-state index in [2.05, 4.69) is 13.8 Å². The summed E-state index contributed by atoms with van der Waals surface area (Å²) >= 11 is 0. The lowest BCUT2D eigenvalue weighted by atomic mass is 9.43. The zero-order valence-corrected chi connectivity index (χ0v) is 17.8. The molecule has 0 bridgehead atoms. The molecule has 0 spiro atoms. The van der Waals surface area contributed by atoms with Crippen molar-refractivity contribution in [3.05, 3.63) is 0 Å². The summed E-state index contributed by atoms with van der Waals surface area (Å²) in [4.78, 5) is 23.8. The molecular formula is C23H36O5. The molecule has 0 aliphatic heterocycles. The maximum atomic E-state index is 12.4. The number of hydrogen-bond donors (Lipinski definition) is 1. The highest BCUT2D eigenvalue weighted by Crippen LogP contribution is 2.69. The molecule has 4 rings (SSSR count). The van der Waals surface area contributed by atoms with Crippen LogP contribution < -0.4 is 0 Å². The Morgan fingerprint density at radius 1 is 0.964 bits per heavy atom. The second-order valence-electron chi connectivity index (χ2n) is 10.5. The number of methoxy groups -OCH3 is 1. The highest BCUT2D eigenvalue weighted by atomic mass is 16.5. The van der Waals surface area contributed by atoms with Crippen LogP contribution in [-0.2, 0) is 19.1 Å². The van der Waals surface area contributed by atoms with E-state index < -0.39 is 5.60 Å². The van der Waals surface area contributed by atoms with Gasteiger partial charge in [-0.15, -0.1) is 0 Å². The van der Waals surface area contributed by atoms with Crippen LogP contribution in [0.15, 0.2) is 0 Å². The highest BCUT2D eigenvalue weighted by Gasteiger charge is 2.68. The molecule has 5 heteroatoms. The van der Waals surface area contributed by atoms with E-state index in [1.807, 2.05) is 0 Å². The molecule has 28 heavy (non-hydrogen) atoms. The molecule has 0 saturated heterocycles. The Morgan fingerprint density at radius 3 is 2.39 bits per heavy atom. The summed E-state index contributed by atoms with van der Waals surface area (Å²) in [5.74, 6) is 0.779. The standard InChI is InChI=1S/C23H36O5/c1-14(24)28-16-7-10-21(2)15(13-16)5-6-18-17(21)8-11-22(3)19(20(25)27-4)9-12-23(18,22)26/h15-19,26H,5-13H2,1-4H3/t15-,16-,17-,18-,19+,21+,22-,23+/m1/s1. The van der Waals surface area contributed by atoms with Gasteiger partial charge in [-0.1, -0.05) is 13.8 Å². The summed E-state index contributed by atoms with van der Waals surface area (Å²) in [6, 6.07) is 0. The Labute approximate surface area is 168 Å². The second kappa shape index (κ2) is 6.72.